The van der Waals surface area contributed by atoms with Gasteiger partial charge in [0.25, 0.3) is 0 Å². The van der Waals surface area contributed by atoms with Crippen LogP contribution in [0.4, 0.5) is 0 Å². The van der Waals surface area contributed by atoms with E-state index in [0.717, 1.165) is 16.8 Å². The first-order valence-electron chi connectivity index (χ1n) is 4.83. The minimum atomic E-state index is 0.717. The van der Waals surface area contributed by atoms with Gasteiger partial charge in [0.2, 0.25) is 0 Å². The van der Waals surface area contributed by atoms with Gasteiger partial charge in [-0.3, -0.25) is 0 Å². The summed E-state index contributed by atoms with van der Waals surface area (Å²) < 4.78 is 1.15. The van der Waals surface area contributed by atoms with Gasteiger partial charge in [-0.2, -0.15) is 0 Å². The van der Waals surface area contributed by atoms with Crippen LogP contribution in [0.5, 0.6) is 0 Å². The standard InChI is InChI=1S/C12H12BrNS/c13-11-5-6-12(15-8-7-14)10-4-2-1-3-9(10)11/h1-6H,7-8,14H2. The van der Waals surface area contributed by atoms with Crippen LogP contribution in [0, 0.1) is 0 Å². The molecule has 0 saturated heterocycles. The molecule has 0 heterocycles. The number of rotatable bonds is 3. The quantitative estimate of drug-likeness (QED) is 0.869. The molecule has 0 aliphatic heterocycles. The second-order valence-corrected chi connectivity index (χ2v) is 5.22. The van der Waals surface area contributed by atoms with Crippen molar-refractivity contribution in [2.45, 2.75) is 4.90 Å². The number of hydrogen-bond donors (Lipinski definition) is 1. The number of hydrogen-bond acceptors (Lipinski definition) is 2. The van der Waals surface area contributed by atoms with Gasteiger partial charge < -0.3 is 5.73 Å². The van der Waals surface area contributed by atoms with Gasteiger partial charge in [-0.05, 0) is 22.9 Å². The summed E-state index contributed by atoms with van der Waals surface area (Å²) in [6, 6.07) is 12.7. The molecule has 0 unspecified atom stereocenters. The molecular weight excluding hydrogens is 270 g/mol. The van der Waals surface area contributed by atoms with E-state index in [1.54, 1.807) is 0 Å². The number of thioether (sulfide) groups is 1. The highest BCUT2D eigenvalue weighted by atomic mass is 79.9. The maximum Gasteiger partial charge on any atom is 0.0254 e. The maximum absolute atomic E-state index is 5.52. The second kappa shape index (κ2) is 5.01. The second-order valence-electron chi connectivity index (χ2n) is 3.23. The highest BCUT2D eigenvalue weighted by molar-refractivity contribution is 9.10. The number of fused-ring (bicyclic) bond motifs is 1. The lowest BCUT2D eigenvalue weighted by atomic mass is 10.1. The molecule has 2 aromatic rings. The van der Waals surface area contributed by atoms with E-state index < -0.39 is 0 Å². The summed E-state index contributed by atoms with van der Waals surface area (Å²) in [4.78, 5) is 1.30. The predicted octanol–water partition coefficient (Wildman–Crippen LogP) is 3.65. The zero-order valence-electron chi connectivity index (χ0n) is 8.24. The summed E-state index contributed by atoms with van der Waals surface area (Å²) in [7, 11) is 0. The molecule has 0 amide bonds. The van der Waals surface area contributed by atoms with Gasteiger partial charge in [-0.25, -0.2) is 0 Å². The van der Waals surface area contributed by atoms with Crippen molar-refractivity contribution in [1.82, 2.24) is 0 Å². The zero-order valence-corrected chi connectivity index (χ0v) is 10.6. The zero-order chi connectivity index (χ0) is 10.7. The highest BCUT2D eigenvalue weighted by Gasteiger charge is 2.03. The summed E-state index contributed by atoms with van der Waals surface area (Å²) in [5.74, 6) is 0.964. The van der Waals surface area contributed by atoms with Crippen LogP contribution in [0.3, 0.4) is 0 Å². The van der Waals surface area contributed by atoms with Crippen LogP contribution < -0.4 is 5.73 Å². The van der Waals surface area contributed by atoms with E-state index in [1.165, 1.54) is 15.7 Å². The van der Waals surface area contributed by atoms with Crippen LogP contribution in [-0.2, 0) is 0 Å². The molecular formula is C12H12BrNS. The Morgan fingerprint density at radius 2 is 1.80 bits per heavy atom. The fraction of sp³-hybridized carbons (Fsp3) is 0.167. The third-order valence-electron chi connectivity index (χ3n) is 2.21. The molecule has 0 saturated carbocycles. The monoisotopic (exact) mass is 281 g/mol. The van der Waals surface area contributed by atoms with Crippen LogP contribution in [0.25, 0.3) is 10.8 Å². The van der Waals surface area contributed by atoms with Crippen molar-refractivity contribution in [3.63, 3.8) is 0 Å². The van der Waals surface area contributed by atoms with Crippen LogP contribution >= 0.6 is 27.7 Å². The Labute approximate surface area is 102 Å². The van der Waals surface area contributed by atoms with E-state index in [4.69, 9.17) is 5.73 Å². The smallest absolute Gasteiger partial charge is 0.0254 e. The van der Waals surface area contributed by atoms with Crippen LogP contribution in [0.2, 0.25) is 0 Å². The van der Waals surface area contributed by atoms with Gasteiger partial charge >= 0.3 is 0 Å². The molecule has 0 atom stereocenters. The minimum Gasteiger partial charge on any atom is -0.330 e. The lowest BCUT2D eigenvalue weighted by Gasteiger charge is -2.06. The molecule has 15 heavy (non-hydrogen) atoms. The molecule has 0 aromatic heterocycles. The minimum absolute atomic E-state index is 0.717. The molecule has 2 N–H and O–H groups in total. The maximum atomic E-state index is 5.52. The van der Waals surface area contributed by atoms with Gasteiger partial charge in [0.05, 0.1) is 0 Å². The Bertz CT molecular complexity index is 470. The molecule has 1 nitrogen and oxygen atoms in total. The Balaban J connectivity index is 2.51. The average Bonchev–Trinajstić information content (AvgIpc) is 2.29. The van der Waals surface area contributed by atoms with Crippen molar-refractivity contribution in [2.75, 3.05) is 12.3 Å². The number of benzene rings is 2. The molecule has 0 aliphatic rings. The average molecular weight is 282 g/mol. The van der Waals surface area contributed by atoms with E-state index in [9.17, 15) is 0 Å². The van der Waals surface area contributed by atoms with E-state index in [1.807, 2.05) is 11.8 Å². The van der Waals surface area contributed by atoms with Gasteiger partial charge in [0.15, 0.2) is 0 Å². The van der Waals surface area contributed by atoms with Crippen molar-refractivity contribution in [3.05, 3.63) is 40.9 Å². The summed E-state index contributed by atoms with van der Waals surface area (Å²) in [6.07, 6.45) is 0. The van der Waals surface area contributed by atoms with Gasteiger partial charge in [-0.15, -0.1) is 11.8 Å². The Morgan fingerprint density at radius 3 is 2.53 bits per heavy atom. The van der Waals surface area contributed by atoms with Crippen LogP contribution in [-0.4, -0.2) is 12.3 Å². The first-order chi connectivity index (χ1) is 7.33. The van der Waals surface area contributed by atoms with Gasteiger partial charge in [0, 0.05) is 21.7 Å². The summed E-state index contributed by atoms with van der Waals surface area (Å²) >= 11 is 5.38. The molecule has 78 valence electrons. The summed E-state index contributed by atoms with van der Waals surface area (Å²) in [5, 5.41) is 2.56. The molecule has 0 aliphatic carbocycles. The normalized spacial score (nSPS) is 10.8. The number of halogens is 1. The summed E-state index contributed by atoms with van der Waals surface area (Å²) in [5.41, 5.74) is 5.52. The van der Waals surface area contributed by atoms with Gasteiger partial charge in [-0.1, -0.05) is 40.2 Å². The molecule has 0 spiro atoms. The number of nitrogens with two attached hydrogens (primary N) is 1. The molecule has 3 heteroatoms. The lowest BCUT2D eigenvalue weighted by molar-refractivity contribution is 1.15. The van der Waals surface area contributed by atoms with Crippen molar-refractivity contribution < 1.29 is 0 Å². The molecule has 2 aromatic carbocycles. The van der Waals surface area contributed by atoms with Crippen LogP contribution in [0.15, 0.2) is 45.8 Å². The van der Waals surface area contributed by atoms with Crippen molar-refractivity contribution in [2.24, 2.45) is 5.73 Å². The highest BCUT2D eigenvalue weighted by Crippen LogP contribution is 2.32. The molecule has 0 fully saturated rings. The topological polar surface area (TPSA) is 26.0 Å². The fourth-order valence-electron chi connectivity index (χ4n) is 1.53. The largest absolute Gasteiger partial charge is 0.330 e. The fourth-order valence-corrected chi connectivity index (χ4v) is 2.84. The van der Waals surface area contributed by atoms with E-state index in [0.29, 0.717) is 0 Å². The van der Waals surface area contributed by atoms with Crippen molar-refractivity contribution >= 4 is 38.5 Å². The first kappa shape index (κ1) is 11.0. The SMILES string of the molecule is NCCSc1ccc(Br)c2ccccc12. The van der Waals surface area contributed by atoms with E-state index in [2.05, 4.69) is 52.3 Å². The predicted molar refractivity (Wildman–Crippen MR) is 71.4 cm³/mol. The Kier molecular flexibility index (Phi) is 3.67. The molecule has 2 rings (SSSR count). The van der Waals surface area contributed by atoms with E-state index in [-0.39, 0.29) is 0 Å². The Hall–Kier alpha value is -0.510. The van der Waals surface area contributed by atoms with Crippen molar-refractivity contribution in [1.29, 1.82) is 0 Å². The summed E-state index contributed by atoms with van der Waals surface area (Å²) in [6.45, 7) is 0.717. The lowest BCUT2D eigenvalue weighted by Crippen LogP contribution is -2.00. The van der Waals surface area contributed by atoms with Crippen molar-refractivity contribution in [3.8, 4) is 0 Å². The van der Waals surface area contributed by atoms with E-state index >= 15 is 0 Å². The Morgan fingerprint density at radius 1 is 1.07 bits per heavy atom. The molecule has 0 radical (unpaired) electrons. The van der Waals surface area contributed by atoms with Crippen LogP contribution in [0.1, 0.15) is 0 Å². The third kappa shape index (κ3) is 2.36. The third-order valence-corrected chi connectivity index (χ3v) is 4.00. The first-order valence-corrected chi connectivity index (χ1v) is 6.61. The molecule has 0 bridgehead atoms. The van der Waals surface area contributed by atoms with Gasteiger partial charge in [0.1, 0.15) is 0 Å².